The highest BCUT2D eigenvalue weighted by Gasteiger charge is 2.38. The van der Waals surface area contributed by atoms with Crippen molar-refractivity contribution in [3.63, 3.8) is 0 Å². The molecule has 0 saturated carbocycles. The second-order valence-corrected chi connectivity index (χ2v) is 6.92. The molecule has 1 heterocycles. The van der Waals surface area contributed by atoms with Crippen LogP contribution in [0.25, 0.3) is 0 Å². The van der Waals surface area contributed by atoms with Crippen LogP contribution in [0.2, 0.25) is 0 Å². The standard InChI is InChI=1S/C24H19NO4/c1-16-11-13-17(14-12-16)20(26)15-25-23(27)19-9-5-6-10-21(19)29-22(24(25)28)18-7-3-2-4-8-18/h2-14,22H,15H2,1H3/t22-/m1/s1. The van der Waals surface area contributed by atoms with Gasteiger partial charge in [-0.2, -0.15) is 0 Å². The number of para-hydroxylation sites is 1. The molecule has 144 valence electrons. The van der Waals surface area contributed by atoms with E-state index in [2.05, 4.69) is 0 Å². The highest BCUT2D eigenvalue weighted by atomic mass is 16.5. The molecule has 1 aliphatic heterocycles. The maximum atomic E-state index is 13.3. The lowest BCUT2D eigenvalue weighted by atomic mass is 10.1. The van der Waals surface area contributed by atoms with Gasteiger partial charge < -0.3 is 4.74 Å². The van der Waals surface area contributed by atoms with Crippen molar-refractivity contribution < 1.29 is 19.1 Å². The number of hydrogen-bond acceptors (Lipinski definition) is 4. The number of ketones is 1. The zero-order chi connectivity index (χ0) is 20.4. The number of amides is 2. The molecule has 0 spiro atoms. The third-order valence-electron chi connectivity index (χ3n) is 4.88. The van der Waals surface area contributed by atoms with E-state index in [-0.39, 0.29) is 17.9 Å². The number of aryl methyl sites for hydroxylation is 1. The van der Waals surface area contributed by atoms with E-state index in [0.29, 0.717) is 16.9 Å². The van der Waals surface area contributed by atoms with Gasteiger partial charge in [-0.1, -0.05) is 72.3 Å². The Balaban J connectivity index is 1.72. The summed E-state index contributed by atoms with van der Waals surface area (Å²) < 4.78 is 5.94. The van der Waals surface area contributed by atoms with Gasteiger partial charge in [-0.25, -0.2) is 0 Å². The molecule has 5 nitrogen and oxygen atoms in total. The molecule has 2 amide bonds. The van der Waals surface area contributed by atoms with Crippen molar-refractivity contribution in [1.29, 1.82) is 0 Å². The van der Waals surface area contributed by atoms with Gasteiger partial charge >= 0.3 is 0 Å². The molecule has 5 heteroatoms. The van der Waals surface area contributed by atoms with Crippen LogP contribution in [0.3, 0.4) is 0 Å². The van der Waals surface area contributed by atoms with Crippen molar-refractivity contribution in [1.82, 2.24) is 4.90 Å². The van der Waals surface area contributed by atoms with E-state index in [1.807, 2.05) is 25.1 Å². The SMILES string of the molecule is Cc1ccc(C(=O)CN2C(=O)c3ccccc3O[C@H](c3ccccc3)C2=O)cc1. The Labute approximate surface area is 168 Å². The van der Waals surface area contributed by atoms with Crippen molar-refractivity contribution in [3.8, 4) is 5.75 Å². The highest BCUT2D eigenvalue weighted by Crippen LogP contribution is 2.32. The van der Waals surface area contributed by atoms with Gasteiger partial charge in [-0.3, -0.25) is 19.3 Å². The lowest BCUT2D eigenvalue weighted by Gasteiger charge is -2.22. The Hall–Kier alpha value is -3.73. The second-order valence-electron chi connectivity index (χ2n) is 6.92. The van der Waals surface area contributed by atoms with Crippen LogP contribution in [0.15, 0.2) is 78.9 Å². The number of carbonyl (C=O) groups is 3. The Morgan fingerprint density at radius 1 is 0.897 bits per heavy atom. The van der Waals surface area contributed by atoms with Gasteiger partial charge in [-0.05, 0) is 19.1 Å². The van der Waals surface area contributed by atoms with Crippen LogP contribution in [-0.4, -0.2) is 29.0 Å². The number of fused-ring (bicyclic) bond motifs is 1. The average molecular weight is 385 g/mol. The first-order valence-electron chi connectivity index (χ1n) is 9.31. The Morgan fingerprint density at radius 3 is 2.28 bits per heavy atom. The fraction of sp³-hybridized carbons (Fsp3) is 0.125. The van der Waals surface area contributed by atoms with Gasteiger partial charge in [0.25, 0.3) is 11.8 Å². The second kappa shape index (κ2) is 7.72. The molecule has 0 aliphatic carbocycles. The minimum absolute atomic E-state index is 0.260. The average Bonchev–Trinajstić information content (AvgIpc) is 2.85. The van der Waals surface area contributed by atoms with E-state index in [4.69, 9.17) is 4.74 Å². The fourth-order valence-electron chi connectivity index (χ4n) is 3.27. The quantitative estimate of drug-likeness (QED) is 0.503. The summed E-state index contributed by atoms with van der Waals surface area (Å²) >= 11 is 0. The number of ether oxygens (including phenoxy) is 1. The first kappa shape index (κ1) is 18.6. The molecule has 1 aliphatic rings. The molecule has 3 aromatic carbocycles. The number of benzene rings is 3. The summed E-state index contributed by atoms with van der Waals surface area (Å²) in [5, 5.41) is 0. The van der Waals surface area contributed by atoms with Crippen LogP contribution >= 0.6 is 0 Å². The van der Waals surface area contributed by atoms with E-state index in [1.165, 1.54) is 0 Å². The molecular weight excluding hydrogens is 366 g/mol. The Kier molecular flexibility index (Phi) is 4.96. The lowest BCUT2D eigenvalue weighted by Crippen LogP contribution is -2.42. The molecule has 0 saturated heterocycles. The molecule has 0 radical (unpaired) electrons. The number of imide groups is 1. The third-order valence-corrected chi connectivity index (χ3v) is 4.88. The zero-order valence-corrected chi connectivity index (χ0v) is 15.9. The van der Waals surface area contributed by atoms with Crippen LogP contribution in [0, 0.1) is 6.92 Å². The fourth-order valence-corrected chi connectivity index (χ4v) is 3.27. The monoisotopic (exact) mass is 385 g/mol. The summed E-state index contributed by atoms with van der Waals surface area (Å²) in [7, 11) is 0. The van der Waals surface area contributed by atoms with Crippen LogP contribution < -0.4 is 4.74 Å². The first-order valence-corrected chi connectivity index (χ1v) is 9.31. The van der Waals surface area contributed by atoms with E-state index in [9.17, 15) is 14.4 Å². The molecule has 0 aromatic heterocycles. The third kappa shape index (κ3) is 3.67. The van der Waals surface area contributed by atoms with Crippen molar-refractivity contribution in [2.45, 2.75) is 13.0 Å². The minimum atomic E-state index is -1.00. The molecule has 0 bridgehead atoms. The van der Waals surface area contributed by atoms with E-state index < -0.39 is 17.9 Å². The van der Waals surface area contributed by atoms with Gasteiger partial charge in [0.1, 0.15) is 5.75 Å². The number of Topliss-reactive ketones (excluding diaryl/α,β-unsaturated/α-hetero) is 1. The summed E-state index contributed by atoms with van der Waals surface area (Å²) in [6.07, 6.45) is -1.00. The van der Waals surface area contributed by atoms with Gasteiger partial charge in [-0.15, -0.1) is 0 Å². The number of hydrogen-bond donors (Lipinski definition) is 0. The molecule has 0 fully saturated rings. The molecule has 29 heavy (non-hydrogen) atoms. The Morgan fingerprint density at radius 2 is 1.55 bits per heavy atom. The van der Waals surface area contributed by atoms with Crippen molar-refractivity contribution in [3.05, 3.63) is 101 Å². The molecule has 1 atom stereocenters. The topological polar surface area (TPSA) is 63.7 Å². The Bertz CT molecular complexity index is 1070. The van der Waals surface area contributed by atoms with Gasteiger partial charge in [0.05, 0.1) is 12.1 Å². The molecular formula is C24H19NO4. The smallest absolute Gasteiger partial charge is 0.275 e. The zero-order valence-electron chi connectivity index (χ0n) is 15.9. The van der Waals surface area contributed by atoms with Gasteiger partial charge in [0.15, 0.2) is 5.78 Å². The predicted octanol–water partition coefficient (Wildman–Crippen LogP) is 3.98. The van der Waals surface area contributed by atoms with E-state index in [0.717, 1.165) is 10.5 Å². The maximum absolute atomic E-state index is 13.3. The van der Waals surface area contributed by atoms with Crippen LogP contribution in [0.4, 0.5) is 0 Å². The normalized spacial score (nSPS) is 16.0. The van der Waals surface area contributed by atoms with Crippen molar-refractivity contribution in [2.24, 2.45) is 0 Å². The summed E-state index contributed by atoms with van der Waals surface area (Å²) in [4.78, 5) is 40.2. The van der Waals surface area contributed by atoms with E-state index >= 15 is 0 Å². The first-order chi connectivity index (χ1) is 14.0. The van der Waals surface area contributed by atoms with Gasteiger partial charge in [0.2, 0.25) is 6.10 Å². The number of nitrogens with zero attached hydrogens (tertiary/aromatic N) is 1. The summed E-state index contributed by atoms with van der Waals surface area (Å²) in [5.41, 5.74) is 2.35. The molecule has 0 unspecified atom stereocenters. The molecule has 0 N–H and O–H groups in total. The number of rotatable bonds is 4. The minimum Gasteiger partial charge on any atom is -0.475 e. The molecule has 4 rings (SSSR count). The predicted molar refractivity (Wildman–Crippen MR) is 108 cm³/mol. The number of carbonyl (C=O) groups excluding carboxylic acids is 3. The van der Waals surface area contributed by atoms with Crippen molar-refractivity contribution in [2.75, 3.05) is 6.54 Å². The maximum Gasteiger partial charge on any atom is 0.275 e. The lowest BCUT2D eigenvalue weighted by molar-refractivity contribution is -0.135. The van der Waals surface area contributed by atoms with Crippen molar-refractivity contribution >= 4 is 17.6 Å². The largest absolute Gasteiger partial charge is 0.475 e. The van der Waals surface area contributed by atoms with Crippen LogP contribution in [-0.2, 0) is 4.79 Å². The highest BCUT2D eigenvalue weighted by molar-refractivity contribution is 6.12. The van der Waals surface area contributed by atoms with Gasteiger partial charge in [0, 0.05) is 11.1 Å². The summed E-state index contributed by atoms with van der Waals surface area (Å²) in [5.74, 6) is -1.08. The summed E-state index contributed by atoms with van der Waals surface area (Å²) in [6.45, 7) is 1.58. The van der Waals surface area contributed by atoms with E-state index in [1.54, 1.807) is 60.7 Å². The van der Waals surface area contributed by atoms with Crippen LogP contribution in [0.1, 0.15) is 37.9 Å². The summed E-state index contributed by atoms with van der Waals surface area (Å²) in [6, 6.07) is 22.7. The molecule has 3 aromatic rings. The van der Waals surface area contributed by atoms with Crippen LogP contribution in [0.5, 0.6) is 5.75 Å².